The Morgan fingerprint density at radius 1 is 1.15 bits per heavy atom. The number of rotatable bonds is 4. The van der Waals surface area contributed by atoms with Gasteiger partial charge in [-0.2, -0.15) is 4.98 Å². The van der Waals surface area contributed by atoms with Gasteiger partial charge in [0.1, 0.15) is 0 Å². The van der Waals surface area contributed by atoms with Gasteiger partial charge in [-0.05, 0) is 6.92 Å². The van der Waals surface area contributed by atoms with Crippen molar-refractivity contribution < 1.29 is 18.8 Å². The van der Waals surface area contributed by atoms with E-state index in [1.54, 1.807) is 0 Å². The molecule has 1 aromatic carbocycles. The standard InChI is InChI=1S/C19H23N3O4/c1-14-2-4-15(5-3-14)18-20-16(26-21-18)6-7-17(23)22-10-8-19(9-11-22)24-12-13-25-19/h2-5H,6-13H2,1H3. The first-order valence-electron chi connectivity index (χ1n) is 9.09. The van der Waals surface area contributed by atoms with Crippen molar-refractivity contribution >= 4 is 5.91 Å². The second-order valence-electron chi connectivity index (χ2n) is 6.87. The van der Waals surface area contributed by atoms with Crippen LogP contribution in [0, 0.1) is 6.92 Å². The highest BCUT2D eigenvalue weighted by atomic mass is 16.7. The molecule has 0 N–H and O–H groups in total. The van der Waals surface area contributed by atoms with Crippen molar-refractivity contribution in [3.63, 3.8) is 0 Å². The fourth-order valence-electron chi connectivity index (χ4n) is 3.43. The smallest absolute Gasteiger partial charge is 0.227 e. The predicted octanol–water partition coefficient (Wildman–Crippen LogP) is 2.34. The molecule has 2 fully saturated rings. The van der Waals surface area contributed by atoms with Gasteiger partial charge in [0.2, 0.25) is 17.6 Å². The minimum atomic E-state index is -0.452. The molecule has 26 heavy (non-hydrogen) atoms. The number of hydrogen-bond acceptors (Lipinski definition) is 6. The van der Waals surface area contributed by atoms with E-state index in [1.165, 1.54) is 5.56 Å². The van der Waals surface area contributed by atoms with Crippen LogP contribution in [0.25, 0.3) is 11.4 Å². The van der Waals surface area contributed by atoms with Gasteiger partial charge in [0.25, 0.3) is 0 Å². The van der Waals surface area contributed by atoms with E-state index in [2.05, 4.69) is 10.1 Å². The van der Waals surface area contributed by atoms with Crippen molar-refractivity contribution in [3.8, 4) is 11.4 Å². The van der Waals surface area contributed by atoms with Gasteiger partial charge in [-0.3, -0.25) is 4.79 Å². The maximum atomic E-state index is 12.4. The zero-order valence-electron chi connectivity index (χ0n) is 14.9. The molecule has 0 atom stereocenters. The van der Waals surface area contributed by atoms with E-state index in [0.29, 0.717) is 50.9 Å². The maximum Gasteiger partial charge on any atom is 0.227 e. The average molecular weight is 357 g/mol. The highest BCUT2D eigenvalue weighted by Crippen LogP contribution is 2.31. The summed E-state index contributed by atoms with van der Waals surface area (Å²) in [5.41, 5.74) is 2.09. The molecule has 2 aromatic rings. The molecule has 2 aliphatic rings. The van der Waals surface area contributed by atoms with Crippen LogP contribution in [0.4, 0.5) is 0 Å². The van der Waals surface area contributed by atoms with Crippen LogP contribution in [-0.4, -0.2) is 53.0 Å². The van der Waals surface area contributed by atoms with Gasteiger partial charge < -0.3 is 18.9 Å². The third-order valence-corrected chi connectivity index (χ3v) is 5.02. The van der Waals surface area contributed by atoms with Gasteiger partial charge in [-0.15, -0.1) is 0 Å². The third kappa shape index (κ3) is 3.64. The van der Waals surface area contributed by atoms with E-state index in [-0.39, 0.29) is 5.91 Å². The van der Waals surface area contributed by atoms with Crippen LogP contribution in [0.2, 0.25) is 0 Å². The Kier molecular flexibility index (Phi) is 4.74. The summed E-state index contributed by atoms with van der Waals surface area (Å²) in [6.07, 6.45) is 2.28. The van der Waals surface area contributed by atoms with Gasteiger partial charge in [0.15, 0.2) is 5.79 Å². The van der Waals surface area contributed by atoms with Gasteiger partial charge in [-0.25, -0.2) is 0 Å². The molecule has 3 heterocycles. The van der Waals surface area contributed by atoms with Crippen LogP contribution in [0.3, 0.4) is 0 Å². The average Bonchev–Trinajstić information content (AvgIpc) is 3.31. The van der Waals surface area contributed by atoms with E-state index in [1.807, 2.05) is 36.1 Å². The number of carbonyl (C=O) groups excluding carboxylic acids is 1. The van der Waals surface area contributed by atoms with Crippen molar-refractivity contribution in [2.24, 2.45) is 0 Å². The van der Waals surface area contributed by atoms with Crippen LogP contribution in [0.1, 0.15) is 30.7 Å². The van der Waals surface area contributed by atoms with E-state index in [0.717, 1.165) is 18.4 Å². The maximum absolute atomic E-state index is 12.4. The Hall–Kier alpha value is -2.25. The summed E-state index contributed by atoms with van der Waals surface area (Å²) in [6.45, 7) is 4.65. The molecular formula is C19H23N3O4. The van der Waals surface area contributed by atoms with Crippen LogP contribution in [0.15, 0.2) is 28.8 Å². The Labute approximate surface area is 152 Å². The fraction of sp³-hybridized carbons (Fsp3) is 0.526. The number of piperidine rings is 1. The first-order chi connectivity index (χ1) is 12.6. The highest BCUT2D eigenvalue weighted by Gasteiger charge is 2.40. The number of nitrogens with zero attached hydrogens (tertiary/aromatic N) is 3. The monoisotopic (exact) mass is 357 g/mol. The van der Waals surface area contributed by atoms with E-state index in [9.17, 15) is 4.79 Å². The summed E-state index contributed by atoms with van der Waals surface area (Å²) in [6, 6.07) is 7.95. The Morgan fingerprint density at radius 2 is 1.85 bits per heavy atom. The summed E-state index contributed by atoms with van der Waals surface area (Å²) in [5, 5.41) is 4.01. The van der Waals surface area contributed by atoms with Crippen molar-refractivity contribution in [2.75, 3.05) is 26.3 Å². The van der Waals surface area contributed by atoms with Gasteiger partial charge >= 0.3 is 0 Å². The molecule has 138 valence electrons. The first-order valence-corrected chi connectivity index (χ1v) is 9.09. The molecule has 0 aliphatic carbocycles. The molecule has 1 aromatic heterocycles. The lowest BCUT2D eigenvalue weighted by atomic mass is 10.0. The number of aryl methyl sites for hydroxylation is 2. The molecule has 2 saturated heterocycles. The molecule has 0 saturated carbocycles. The lowest BCUT2D eigenvalue weighted by Gasteiger charge is -2.37. The van der Waals surface area contributed by atoms with Gasteiger partial charge in [-0.1, -0.05) is 35.0 Å². The number of aromatic nitrogens is 2. The summed E-state index contributed by atoms with van der Waals surface area (Å²) in [4.78, 5) is 18.7. The molecule has 7 heteroatoms. The SMILES string of the molecule is Cc1ccc(-c2noc(CCC(=O)N3CCC4(CC3)OCCO4)n2)cc1. The molecule has 1 amide bonds. The molecule has 7 nitrogen and oxygen atoms in total. The predicted molar refractivity (Wildman–Crippen MR) is 93.2 cm³/mol. The normalized spacial score (nSPS) is 19.2. The van der Waals surface area contributed by atoms with Crippen molar-refractivity contribution in [1.82, 2.24) is 15.0 Å². The molecule has 0 radical (unpaired) electrons. The zero-order valence-corrected chi connectivity index (χ0v) is 14.9. The quantitative estimate of drug-likeness (QED) is 0.836. The summed E-state index contributed by atoms with van der Waals surface area (Å²) in [5.74, 6) is 0.701. The second kappa shape index (κ2) is 7.17. The minimum absolute atomic E-state index is 0.105. The number of carbonyl (C=O) groups is 1. The summed E-state index contributed by atoms with van der Waals surface area (Å²) >= 11 is 0. The highest BCUT2D eigenvalue weighted by molar-refractivity contribution is 5.76. The van der Waals surface area contributed by atoms with Crippen molar-refractivity contribution in [2.45, 2.75) is 38.4 Å². The van der Waals surface area contributed by atoms with Crippen molar-refractivity contribution in [1.29, 1.82) is 0 Å². The number of ether oxygens (including phenoxy) is 2. The molecule has 0 bridgehead atoms. The van der Waals surface area contributed by atoms with Crippen LogP contribution < -0.4 is 0 Å². The second-order valence-corrected chi connectivity index (χ2v) is 6.87. The van der Waals surface area contributed by atoms with Crippen LogP contribution >= 0.6 is 0 Å². The largest absolute Gasteiger partial charge is 0.347 e. The summed E-state index contributed by atoms with van der Waals surface area (Å²) < 4.78 is 16.7. The van der Waals surface area contributed by atoms with Crippen molar-refractivity contribution in [3.05, 3.63) is 35.7 Å². The van der Waals surface area contributed by atoms with Gasteiger partial charge in [0.05, 0.1) is 13.2 Å². The minimum Gasteiger partial charge on any atom is -0.347 e. The Morgan fingerprint density at radius 3 is 2.54 bits per heavy atom. The Balaban J connectivity index is 1.29. The van der Waals surface area contributed by atoms with Crippen LogP contribution in [-0.2, 0) is 20.7 Å². The molecule has 1 spiro atoms. The fourth-order valence-corrected chi connectivity index (χ4v) is 3.43. The van der Waals surface area contributed by atoms with E-state index in [4.69, 9.17) is 14.0 Å². The Bertz CT molecular complexity index is 755. The topological polar surface area (TPSA) is 77.7 Å². The number of benzene rings is 1. The zero-order chi connectivity index (χ0) is 18.0. The number of likely N-dealkylation sites (tertiary alicyclic amines) is 1. The van der Waals surface area contributed by atoms with Crippen LogP contribution in [0.5, 0.6) is 0 Å². The van der Waals surface area contributed by atoms with Gasteiger partial charge in [0, 0.05) is 44.3 Å². The van der Waals surface area contributed by atoms with E-state index >= 15 is 0 Å². The third-order valence-electron chi connectivity index (χ3n) is 5.02. The summed E-state index contributed by atoms with van der Waals surface area (Å²) in [7, 11) is 0. The number of amides is 1. The van der Waals surface area contributed by atoms with E-state index < -0.39 is 5.79 Å². The number of hydrogen-bond donors (Lipinski definition) is 0. The lowest BCUT2D eigenvalue weighted by Crippen LogP contribution is -2.47. The molecular weight excluding hydrogens is 334 g/mol. The first kappa shape index (κ1) is 17.2. The molecule has 0 unspecified atom stereocenters. The lowest BCUT2D eigenvalue weighted by molar-refractivity contribution is -0.187. The molecule has 2 aliphatic heterocycles. The molecule has 4 rings (SSSR count).